The molecule has 1 aromatic rings. The summed E-state index contributed by atoms with van der Waals surface area (Å²) in [5, 5.41) is 28.5. The van der Waals surface area contributed by atoms with Crippen molar-refractivity contribution in [3.8, 4) is 5.75 Å². The largest absolute Gasteiger partial charge is 0.508 e. The van der Waals surface area contributed by atoms with Crippen LogP contribution in [0, 0.1) is 0 Å². The summed E-state index contributed by atoms with van der Waals surface area (Å²) in [5.74, 6) is 0.0271. The molecule has 0 saturated carbocycles. The molecule has 3 nitrogen and oxygen atoms in total. The summed E-state index contributed by atoms with van der Waals surface area (Å²) in [6.45, 7) is 0. The zero-order valence-corrected chi connectivity index (χ0v) is 9.53. The van der Waals surface area contributed by atoms with E-state index in [1.54, 1.807) is 0 Å². The molecule has 0 fully saturated rings. The highest BCUT2D eigenvalue weighted by Gasteiger charge is 2.19. The molecule has 1 rings (SSSR count). The van der Waals surface area contributed by atoms with Crippen molar-refractivity contribution in [2.75, 3.05) is 5.33 Å². The van der Waals surface area contributed by atoms with Crippen molar-refractivity contribution in [1.82, 2.24) is 0 Å². The number of hydrogen-bond donors (Lipinski definition) is 3. The second-order valence-electron chi connectivity index (χ2n) is 2.87. The molecule has 0 aliphatic carbocycles. The van der Waals surface area contributed by atoms with Gasteiger partial charge in [0.25, 0.3) is 0 Å². The highest BCUT2D eigenvalue weighted by molar-refractivity contribution is 9.09. The topological polar surface area (TPSA) is 60.7 Å². The van der Waals surface area contributed by atoms with Gasteiger partial charge in [0.05, 0.1) is 11.1 Å². The van der Waals surface area contributed by atoms with Crippen molar-refractivity contribution in [2.45, 2.75) is 12.2 Å². The van der Waals surface area contributed by atoms with Crippen molar-refractivity contribution in [3.05, 3.63) is 28.8 Å². The number of aromatic hydroxyl groups is 1. The first-order chi connectivity index (χ1) is 6.56. The summed E-state index contributed by atoms with van der Waals surface area (Å²) in [6.07, 6.45) is -1.97. The van der Waals surface area contributed by atoms with Crippen LogP contribution in [0.3, 0.4) is 0 Å². The van der Waals surface area contributed by atoms with Crippen LogP contribution in [-0.4, -0.2) is 26.8 Å². The first-order valence-corrected chi connectivity index (χ1v) is 5.46. The highest BCUT2D eigenvalue weighted by atomic mass is 79.9. The summed E-state index contributed by atoms with van der Waals surface area (Å²) >= 11 is 8.83. The van der Waals surface area contributed by atoms with Gasteiger partial charge in [0.1, 0.15) is 11.9 Å². The van der Waals surface area contributed by atoms with Gasteiger partial charge in [-0.3, -0.25) is 0 Å². The second kappa shape index (κ2) is 4.98. The lowest BCUT2D eigenvalue weighted by Gasteiger charge is -2.17. The molecule has 78 valence electrons. The first kappa shape index (κ1) is 11.8. The molecular weight excluding hydrogens is 271 g/mol. The van der Waals surface area contributed by atoms with Crippen molar-refractivity contribution >= 4 is 27.5 Å². The maximum atomic E-state index is 9.61. The van der Waals surface area contributed by atoms with E-state index in [0.717, 1.165) is 0 Å². The Hall–Kier alpha value is -0.290. The van der Waals surface area contributed by atoms with Gasteiger partial charge in [-0.1, -0.05) is 33.6 Å². The van der Waals surface area contributed by atoms with Gasteiger partial charge >= 0.3 is 0 Å². The van der Waals surface area contributed by atoms with Gasteiger partial charge in [-0.25, -0.2) is 0 Å². The van der Waals surface area contributed by atoms with Gasteiger partial charge in [-0.05, 0) is 12.1 Å². The van der Waals surface area contributed by atoms with Crippen LogP contribution in [-0.2, 0) is 0 Å². The minimum absolute atomic E-state index is 0.0271. The molecule has 0 saturated heterocycles. The van der Waals surface area contributed by atoms with E-state index >= 15 is 0 Å². The molecule has 2 atom stereocenters. The third-order valence-corrected chi connectivity index (χ3v) is 2.82. The van der Waals surface area contributed by atoms with E-state index in [0.29, 0.717) is 5.56 Å². The fourth-order valence-corrected chi connectivity index (χ4v) is 1.69. The van der Waals surface area contributed by atoms with Gasteiger partial charge in [0.2, 0.25) is 0 Å². The Balaban J connectivity index is 2.95. The molecule has 0 spiro atoms. The van der Waals surface area contributed by atoms with E-state index in [1.807, 2.05) is 0 Å². The maximum absolute atomic E-state index is 9.61. The maximum Gasteiger partial charge on any atom is 0.117 e. The van der Waals surface area contributed by atoms with Gasteiger partial charge < -0.3 is 15.3 Å². The lowest BCUT2D eigenvalue weighted by molar-refractivity contribution is 0.0343. The molecule has 0 heterocycles. The van der Waals surface area contributed by atoms with E-state index in [-0.39, 0.29) is 16.1 Å². The Morgan fingerprint density at radius 2 is 2.00 bits per heavy atom. The Morgan fingerprint density at radius 3 is 2.50 bits per heavy atom. The van der Waals surface area contributed by atoms with Crippen LogP contribution in [0.15, 0.2) is 18.2 Å². The summed E-state index contributed by atoms with van der Waals surface area (Å²) in [5.41, 5.74) is 0.399. The van der Waals surface area contributed by atoms with Crippen LogP contribution in [0.2, 0.25) is 5.02 Å². The predicted octanol–water partition coefficient (Wildman–Crippen LogP) is 1.83. The van der Waals surface area contributed by atoms with E-state index in [2.05, 4.69) is 15.9 Å². The van der Waals surface area contributed by atoms with E-state index < -0.39 is 12.2 Å². The number of hydrogen-bond acceptors (Lipinski definition) is 3. The fourth-order valence-electron chi connectivity index (χ4n) is 1.05. The SMILES string of the molecule is Oc1ccc(C(O)C(O)CBr)c(Cl)c1. The van der Waals surface area contributed by atoms with Gasteiger partial charge in [0, 0.05) is 10.9 Å². The Morgan fingerprint density at radius 1 is 1.36 bits per heavy atom. The molecule has 0 amide bonds. The fraction of sp³-hybridized carbons (Fsp3) is 0.333. The standard InChI is InChI=1S/C9H10BrClO3/c10-4-8(13)9(14)6-2-1-5(12)3-7(6)11/h1-3,8-9,12-14H,4H2. The average Bonchev–Trinajstić information content (AvgIpc) is 2.15. The van der Waals surface area contributed by atoms with Crippen LogP contribution < -0.4 is 0 Å². The molecule has 0 aliphatic rings. The van der Waals surface area contributed by atoms with Crippen molar-refractivity contribution in [2.24, 2.45) is 0 Å². The van der Waals surface area contributed by atoms with Crippen molar-refractivity contribution in [1.29, 1.82) is 0 Å². The predicted molar refractivity (Wildman–Crippen MR) is 57.9 cm³/mol. The lowest BCUT2D eigenvalue weighted by Crippen LogP contribution is -2.19. The normalized spacial score (nSPS) is 15.1. The Labute approximate surface area is 95.1 Å². The van der Waals surface area contributed by atoms with E-state index in [4.69, 9.17) is 16.7 Å². The molecule has 14 heavy (non-hydrogen) atoms. The van der Waals surface area contributed by atoms with Crippen LogP contribution >= 0.6 is 27.5 Å². The molecule has 5 heteroatoms. The lowest BCUT2D eigenvalue weighted by atomic mass is 10.1. The van der Waals surface area contributed by atoms with Crippen molar-refractivity contribution < 1.29 is 15.3 Å². The zero-order chi connectivity index (χ0) is 10.7. The molecule has 2 unspecified atom stereocenters. The molecular formula is C9H10BrClO3. The van der Waals surface area contributed by atoms with Crippen LogP contribution in [0.4, 0.5) is 0 Å². The number of phenols is 1. The number of aliphatic hydroxyl groups excluding tert-OH is 2. The molecule has 0 aromatic heterocycles. The number of rotatable bonds is 3. The molecule has 0 aliphatic heterocycles. The van der Waals surface area contributed by atoms with E-state index in [1.165, 1.54) is 18.2 Å². The van der Waals surface area contributed by atoms with Crippen molar-refractivity contribution in [3.63, 3.8) is 0 Å². The molecule has 0 radical (unpaired) electrons. The number of aliphatic hydroxyl groups is 2. The highest BCUT2D eigenvalue weighted by Crippen LogP contribution is 2.28. The average molecular weight is 282 g/mol. The van der Waals surface area contributed by atoms with Crippen LogP contribution in [0.25, 0.3) is 0 Å². The zero-order valence-electron chi connectivity index (χ0n) is 7.19. The number of halogens is 2. The van der Waals surface area contributed by atoms with Gasteiger partial charge in [-0.2, -0.15) is 0 Å². The van der Waals surface area contributed by atoms with Gasteiger partial charge in [-0.15, -0.1) is 0 Å². The first-order valence-electron chi connectivity index (χ1n) is 3.96. The minimum Gasteiger partial charge on any atom is -0.508 e. The Bertz CT molecular complexity index is 319. The quantitative estimate of drug-likeness (QED) is 0.741. The van der Waals surface area contributed by atoms with E-state index in [9.17, 15) is 10.2 Å². The van der Waals surface area contributed by atoms with Gasteiger partial charge in [0.15, 0.2) is 0 Å². The third kappa shape index (κ3) is 2.60. The monoisotopic (exact) mass is 280 g/mol. The summed E-state index contributed by atoms with van der Waals surface area (Å²) in [4.78, 5) is 0. The molecule has 0 bridgehead atoms. The minimum atomic E-state index is -1.05. The smallest absolute Gasteiger partial charge is 0.117 e. The third-order valence-electron chi connectivity index (χ3n) is 1.83. The Kier molecular flexibility index (Phi) is 4.19. The number of alkyl halides is 1. The molecule has 3 N–H and O–H groups in total. The number of benzene rings is 1. The second-order valence-corrected chi connectivity index (χ2v) is 3.93. The molecule has 1 aromatic carbocycles. The van der Waals surface area contributed by atoms with Crippen LogP contribution in [0.5, 0.6) is 5.75 Å². The number of phenolic OH excluding ortho intramolecular Hbond substituents is 1. The summed E-state index contributed by atoms with van der Waals surface area (Å²) in [6, 6.07) is 4.21. The summed E-state index contributed by atoms with van der Waals surface area (Å²) < 4.78 is 0. The van der Waals surface area contributed by atoms with Crippen LogP contribution in [0.1, 0.15) is 11.7 Å². The summed E-state index contributed by atoms with van der Waals surface area (Å²) in [7, 11) is 0.